The first-order valence-electron chi connectivity index (χ1n) is 7.44. The fraction of sp³-hybridized carbons (Fsp3) is 0.625. The summed E-state index contributed by atoms with van der Waals surface area (Å²) in [6.45, 7) is 9.59. The number of rotatable bonds is 5. The largest absolute Gasteiger partial charge is 0.486 e. The molecular formula is C16H25NO4S. The number of aliphatic hydroxyl groups excluding tert-OH is 2. The highest BCUT2D eigenvalue weighted by atomic mass is 32.2. The highest BCUT2D eigenvalue weighted by molar-refractivity contribution is 8.00. The summed E-state index contributed by atoms with van der Waals surface area (Å²) in [6.07, 6.45) is -0.831. The first-order valence-corrected chi connectivity index (χ1v) is 8.32. The maximum absolute atomic E-state index is 10.0. The molecule has 2 unspecified atom stereocenters. The second kappa shape index (κ2) is 6.66. The Labute approximate surface area is 136 Å². The lowest BCUT2D eigenvalue weighted by Crippen LogP contribution is -2.24. The molecule has 1 aromatic rings. The molecule has 0 saturated heterocycles. The molecule has 0 aliphatic carbocycles. The first kappa shape index (κ1) is 17.4. The molecule has 5 nitrogen and oxygen atoms in total. The Kier molecular flexibility index (Phi) is 5.27. The van der Waals surface area contributed by atoms with Gasteiger partial charge in [-0.1, -0.05) is 17.8 Å². The Morgan fingerprint density at radius 2 is 2.00 bits per heavy atom. The summed E-state index contributed by atoms with van der Waals surface area (Å²) in [5, 5.41) is 22.6. The molecule has 0 bridgehead atoms. The van der Waals surface area contributed by atoms with Gasteiger partial charge in [0.2, 0.25) is 0 Å². The maximum atomic E-state index is 10.0. The number of hydrogen-bond acceptors (Lipinski definition) is 6. The van der Waals surface area contributed by atoms with Crippen molar-refractivity contribution in [2.75, 3.05) is 11.9 Å². The minimum absolute atomic E-state index is 0.0810. The molecule has 1 aromatic carbocycles. The minimum atomic E-state index is -0.912. The highest BCUT2D eigenvalue weighted by Gasteiger charge is 2.31. The Balaban J connectivity index is 2.37. The van der Waals surface area contributed by atoms with Crippen LogP contribution in [0.1, 0.15) is 46.3 Å². The molecule has 3 N–H and O–H groups in total. The van der Waals surface area contributed by atoms with Crippen LogP contribution in [0, 0.1) is 0 Å². The molecule has 2 rings (SSSR count). The topological polar surface area (TPSA) is 71.0 Å². The van der Waals surface area contributed by atoms with E-state index in [1.807, 2.05) is 40.7 Å². The van der Waals surface area contributed by atoms with Crippen molar-refractivity contribution in [2.45, 2.75) is 62.9 Å². The van der Waals surface area contributed by atoms with Crippen molar-refractivity contribution in [2.24, 2.45) is 0 Å². The number of aliphatic hydroxyl groups is 2. The number of fused-ring (bicyclic) bond motifs is 1. The maximum Gasteiger partial charge on any atom is 0.181 e. The van der Waals surface area contributed by atoms with E-state index in [-0.39, 0.29) is 23.9 Å². The van der Waals surface area contributed by atoms with Gasteiger partial charge in [-0.3, -0.25) is 0 Å². The third-order valence-electron chi connectivity index (χ3n) is 2.98. The standard InChI is InChI=1S/C16H25NO4S/c1-9(2)20-15-17-13-12(21-16(3,4)5)7-6-10(11(19)8-18)14(13)22-15/h6-7,9,11,15,17-19H,8H2,1-5H3. The summed E-state index contributed by atoms with van der Waals surface area (Å²) in [5.41, 5.74) is 0.944. The molecule has 6 heteroatoms. The van der Waals surface area contributed by atoms with Gasteiger partial charge >= 0.3 is 0 Å². The molecule has 0 fully saturated rings. The second-order valence-corrected chi connectivity index (χ2v) is 7.62. The summed E-state index contributed by atoms with van der Waals surface area (Å²) in [5.74, 6) is 0.721. The van der Waals surface area contributed by atoms with Gasteiger partial charge in [0.1, 0.15) is 17.5 Å². The van der Waals surface area contributed by atoms with Crippen molar-refractivity contribution in [3.05, 3.63) is 17.7 Å². The SMILES string of the molecule is CC(C)OC1Nc2c(OC(C)(C)C)ccc(C(O)CO)c2S1. The Morgan fingerprint density at radius 1 is 1.32 bits per heavy atom. The molecule has 0 amide bonds. The van der Waals surface area contributed by atoms with Crippen LogP contribution in [0.25, 0.3) is 0 Å². The van der Waals surface area contributed by atoms with Crippen LogP contribution in [-0.2, 0) is 4.74 Å². The smallest absolute Gasteiger partial charge is 0.181 e. The van der Waals surface area contributed by atoms with Gasteiger partial charge in [-0.15, -0.1) is 0 Å². The van der Waals surface area contributed by atoms with E-state index in [1.54, 1.807) is 6.07 Å². The molecule has 0 aromatic heterocycles. The van der Waals surface area contributed by atoms with Crippen LogP contribution in [0.3, 0.4) is 0 Å². The van der Waals surface area contributed by atoms with E-state index in [0.717, 1.165) is 16.3 Å². The molecule has 124 valence electrons. The van der Waals surface area contributed by atoms with E-state index in [2.05, 4.69) is 5.32 Å². The number of benzene rings is 1. The van der Waals surface area contributed by atoms with Crippen molar-refractivity contribution in [3.8, 4) is 5.75 Å². The van der Waals surface area contributed by atoms with Gasteiger partial charge in [0.25, 0.3) is 0 Å². The Hall–Kier alpha value is -0.950. The number of thioether (sulfide) groups is 1. The lowest BCUT2D eigenvalue weighted by molar-refractivity contribution is 0.0742. The zero-order valence-electron chi connectivity index (χ0n) is 13.7. The van der Waals surface area contributed by atoms with E-state index < -0.39 is 6.10 Å². The van der Waals surface area contributed by atoms with Gasteiger partial charge in [-0.2, -0.15) is 0 Å². The molecule has 0 spiro atoms. The van der Waals surface area contributed by atoms with Crippen LogP contribution < -0.4 is 10.1 Å². The summed E-state index contributed by atoms with van der Waals surface area (Å²) in [7, 11) is 0. The number of anilines is 1. The molecule has 1 heterocycles. The predicted octanol–water partition coefficient (Wildman–Crippen LogP) is 3.12. The Morgan fingerprint density at radius 3 is 2.55 bits per heavy atom. The van der Waals surface area contributed by atoms with Crippen LogP contribution in [-0.4, -0.2) is 34.1 Å². The normalized spacial score (nSPS) is 19.0. The zero-order valence-corrected chi connectivity index (χ0v) is 14.5. The van der Waals surface area contributed by atoms with E-state index in [0.29, 0.717) is 5.56 Å². The van der Waals surface area contributed by atoms with Crippen molar-refractivity contribution in [1.82, 2.24) is 0 Å². The summed E-state index contributed by atoms with van der Waals surface area (Å²) in [6, 6.07) is 3.62. The third-order valence-corrected chi connectivity index (χ3v) is 4.10. The molecule has 22 heavy (non-hydrogen) atoms. The van der Waals surface area contributed by atoms with Gasteiger partial charge in [-0.25, -0.2) is 0 Å². The Bertz CT molecular complexity index is 528. The van der Waals surface area contributed by atoms with Crippen molar-refractivity contribution >= 4 is 17.4 Å². The van der Waals surface area contributed by atoms with E-state index in [9.17, 15) is 10.2 Å². The molecule has 0 saturated carbocycles. The van der Waals surface area contributed by atoms with Gasteiger partial charge in [0.15, 0.2) is 5.56 Å². The van der Waals surface area contributed by atoms with Crippen molar-refractivity contribution in [1.29, 1.82) is 0 Å². The van der Waals surface area contributed by atoms with E-state index >= 15 is 0 Å². The fourth-order valence-electron chi connectivity index (χ4n) is 2.18. The molecule has 1 aliphatic rings. The number of nitrogens with one attached hydrogen (secondary N) is 1. The summed E-state index contributed by atoms with van der Waals surface area (Å²) >= 11 is 1.49. The van der Waals surface area contributed by atoms with E-state index in [4.69, 9.17) is 9.47 Å². The lowest BCUT2D eigenvalue weighted by atomic mass is 10.1. The minimum Gasteiger partial charge on any atom is -0.486 e. The number of ether oxygens (including phenoxy) is 2. The monoisotopic (exact) mass is 327 g/mol. The van der Waals surface area contributed by atoms with E-state index in [1.165, 1.54) is 11.8 Å². The van der Waals surface area contributed by atoms with Gasteiger partial charge < -0.3 is 25.0 Å². The third kappa shape index (κ3) is 4.07. The van der Waals surface area contributed by atoms with Gasteiger partial charge in [0, 0.05) is 4.90 Å². The van der Waals surface area contributed by atoms with Crippen LogP contribution in [0.2, 0.25) is 0 Å². The quantitative estimate of drug-likeness (QED) is 0.772. The number of hydrogen-bond donors (Lipinski definition) is 3. The predicted molar refractivity (Wildman–Crippen MR) is 88.4 cm³/mol. The fourth-order valence-corrected chi connectivity index (χ4v) is 3.47. The van der Waals surface area contributed by atoms with Crippen LogP contribution in [0.4, 0.5) is 5.69 Å². The molecule has 1 aliphatic heterocycles. The average molecular weight is 327 g/mol. The molecule has 2 atom stereocenters. The van der Waals surface area contributed by atoms with Gasteiger partial charge in [-0.05, 0) is 46.2 Å². The van der Waals surface area contributed by atoms with Gasteiger partial charge in [0.05, 0.1) is 18.4 Å². The molecule has 0 radical (unpaired) electrons. The summed E-state index contributed by atoms with van der Waals surface area (Å²) < 4.78 is 11.8. The summed E-state index contributed by atoms with van der Waals surface area (Å²) in [4.78, 5) is 0.869. The van der Waals surface area contributed by atoms with Crippen molar-refractivity contribution in [3.63, 3.8) is 0 Å². The highest BCUT2D eigenvalue weighted by Crippen LogP contribution is 2.48. The van der Waals surface area contributed by atoms with Crippen LogP contribution in [0.5, 0.6) is 5.75 Å². The van der Waals surface area contributed by atoms with Crippen LogP contribution in [0.15, 0.2) is 17.0 Å². The first-order chi connectivity index (χ1) is 10.2. The molecular weight excluding hydrogens is 302 g/mol. The van der Waals surface area contributed by atoms with Crippen LogP contribution >= 0.6 is 11.8 Å². The van der Waals surface area contributed by atoms with Crippen molar-refractivity contribution < 1.29 is 19.7 Å². The average Bonchev–Trinajstić information content (AvgIpc) is 2.79. The second-order valence-electron chi connectivity index (χ2n) is 6.55. The lowest BCUT2D eigenvalue weighted by Gasteiger charge is -2.24. The zero-order chi connectivity index (χ0) is 16.5.